The highest BCUT2D eigenvalue weighted by Crippen LogP contribution is 2.53. The van der Waals surface area contributed by atoms with Crippen LogP contribution in [0.5, 0.6) is 0 Å². The number of nitrogens with zero attached hydrogens (tertiary/aromatic N) is 4. The zero-order chi connectivity index (χ0) is 21.0. The third kappa shape index (κ3) is 3.70. The van der Waals surface area contributed by atoms with Crippen LogP contribution >= 0.6 is 11.6 Å². The van der Waals surface area contributed by atoms with Crippen LogP contribution in [0.1, 0.15) is 49.2 Å². The van der Waals surface area contributed by atoms with Gasteiger partial charge in [-0.3, -0.25) is 9.69 Å². The number of halogens is 1. The first kappa shape index (κ1) is 19.5. The minimum atomic E-state index is 0.0967. The van der Waals surface area contributed by atoms with Crippen molar-refractivity contribution < 1.29 is 0 Å². The Bertz CT molecular complexity index is 1080. The molecule has 0 amide bonds. The minimum Gasteiger partial charge on any atom is -0.354 e. The molecule has 0 aromatic carbocycles. The maximum atomic E-state index is 12.8. The summed E-state index contributed by atoms with van der Waals surface area (Å²) in [4.78, 5) is 30.1. The SMILES string of the molecule is O=c1[nH]c(C2=C[C@H](N3CCN(c4ccc(Cl)cn4)CC3)CC2)nc2c1CC1(CC2)CC1. The molecule has 4 aliphatic rings. The Hall–Kier alpha value is -2.18. The van der Waals surface area contributed by atoms with E-state index in [1.165, 1.54) is 24.8 Å². The summed E-state index contributed by atoms with van der Waals surface area (Å²) in [5.74, 6) is 1.80. The number of anilines is 1. The number of aromatic amines is 1. The first-order chi connectivity index (χ1) is 15.1. The summed E-state index contributed by atoms with van der Waals surface area (Å²) in [6.07, 6.45) is 11.8. The highest BCUT2D eigenvalue weighted by Gasteiger charge is 2.45. The number of allylic oxidation sites excluding steroid dienone is 1. The summed E-state index contributed by atoms with van der Waals surface area (Å²) in [7, 11) is 0. The molecular formula is C24H28ClN5O. The summed E-state index contributed by atoms with van der Waals surface area (Å²) in [6, 6.07) is 4.32. The van der Waals surface area contributed by atoms with Crippen molar-refractivity contribution in [2.45, 2.75) is 51.0 Å². The largest absolute Gasteiger partial charge is 0.354 e. The normalized spacial score (nSPS) is 24.9. The smallest absolute Gasteiger partial charge is 0.254 e. The van der Waals surface area contributed by atoms with E-state index in [0.29, 0.717) is 16.5 Å². The van der Waals surface area contributed by atoms with Crippen LogP contribution in [0, 0.1) is 5.41 Å². The van der Waals surface area contributed by atoms with Crippen molar-refractivity contribution in [1.82, 2.24) is 19.9 Å². The average molecular weight is 438 g/mol. The first-order valence-corrected chi connectivity index (χ1v) is 11.9. The standard InChI is InChI=1S/C24H28ClN5O/c25-17-2-4-21(26-15-17)30-11-9-29(10-12-30)18-3-1-16(13-18)22-27-20-5-6-24(7-8-24)14-19(20)23(31)28-22/h2,4,13,15,18H,1,3,5-12,14H2,(H,27,28,31)/t18-/m1/s1. The number of nitrogens with one attached hydrogen (secondary N) is 1. The number of hydrogen-bond acceptors (Lipinski definition) is 5. The molecule has 7 heteroatoms. The van der Waals surface area contributed by atoms with Crippen LogP contribution in [-0.2, 0) is 12.8 Å². The summed E-state index contributed by atoms with van der Waals surface area (Å²) in [5.41, 5.74) is 3.74. The molecule has 1 spiro atoms. The molecule has 3 aliphatic carbocycles. The number of fused-ring (bicyclic) bond motifs is 1. The van der Waals surface area contributed by atoms with Crippen molar-refractivity contribution in [3.8, 4) is 0 Å². The van der Waals surface area contributed by atoms with Crippen molar-refractivity contribution in [3.63, 3.8) is 0 Å². The Kier molecular flexibility index (Phi) is 4.69. The van der Waals surface area contributed by atoms with Gasteiger partial charge in [-0.05, 0) is 68.1 Å². The Labute approximate surface area is 187 Å². The van der Waals surface area contributed by atoms with E-state index in [9.17, 15) is 4.79 Å². The summed E-state index contributed by atoms with van der Waals surface area (Å²) in [5, 5.41) is 0.673. The molecule has 1 saturated carbocycles. The van der Waals surface area contributed by atoms with Gasteiger partial charge in [-0.25, -0.2) is 9.97 Å². The number of aryl methyl sites for hydroxylation is 1. The van der Waals surface area contributed by atoms with Crippen LogP contribution in [0.4, 0.5) is 5.82 Å². The quantitative estimate of drug-likeness (QED) is 0.796. The molecule has 1 saturated heterocycles. The maximum absolute atomic E-state index is 12.8. The summed E-state index contributed by atoms with van der Waals surface area (Å²) >= 11 is 5.97. The lowest BCUT2D eigenvalue weighted by Crippen LogP contribution is -2.49. The maximum Gasteiger partial charge on any atom is 0.254 e. The minimum absolute atomic E-state index is 0.0967. The molecule has 3 heterocycles. The second-order valence-electron chi connectivity index (χ2n) is 9.67. The van der Waals surface area contributed by atoms with E-state index in [0.717, 1.165) is 74.8 Å². The molecule has 2 aromatic heterocycles. The van der Waals surface area contributed by atoms with Crippen molar-refractivity contribution in [2.75, 3.05) is 31.1 Å². The number of pyridine rings is 1. The third-order valence-electron chi connectivity index (χ3n) is 7.73. The van der Waals surface area contributed by atoms with Crippen molar-refractivity contribution in [2.24, 2.45) is 5.41 Å². The van der Waals surface area contributed by atoms with Gasteiger partial charge in [0.25, 0.3) is 5.56 Å². The van der Waals surface area contributed by atoms with Crippen molar-refractivity contribution >= 4 is 23.0 Å². The number of piperazine rings is 1. The molecule has 0 radical (unpaired) electrons. The average Bonchev–Trinajstić information content (AvgIpc) is 3.35. The van der Waals surface area contributed by atoms with Gasteiger partial charge in [0.1, 0.15) is 11.6 Å². The van der Waals surface area contributed by atoms with Crippen LogP contribution in [0.25, 0.3) is 5.57 Å². The topological polar surface area (TPSA) is 65.1 Å². The molecule has 0 bridgehead atoms. The number of aromatic nitrogens is 3. The molecule has 31 heavy (non-hydrogen) atoms. The predicted molar refractivity (Wildman–Crippen MR) is 123 cm³/mol. The van der Waals surface area contributed by atoms with E-state index in [4.69, 9.17) is 16.6 Å². The van der Waals surface area contributed by atoms with Gasteiger partial charge >= 0.3 is 0 Å². The Morgan fingerprint density at radius 1 is 1.10 bits per heavy atom. The van der Waals surface area contributed by atoms with Crippen LogP contribution in [0.2, 0.25) is 5.02 Å². The van der Waals surface area contributed by atoms with Gasteiger partial charge in [-0.1, -0.05) is 17.7 Å². The van der Waals surface area contributed by atoms with Crippen LogP contribution in [-0.4, -0.2) is 52.1 Å². The second-order valence-corrected chi connectivity index (χ2v) is 10.1. The molecule has 6 rings (SSSR count). The van der Waals surface area contributed by atoms with E-state index in [1.54, 1.807) is 6.20 Å². The molecule has 6 nitrogen and oxygen atoms in total. The van der Waals surface area contributed by atoms with Gasteiger partial charge in [0.05, 0.1) is 10.7 Å². The molecule has 1 N–H and O–H groups in total. The predicted octanol–water partition coefficient (Wildman–Crippen LogP) is 3.46. The zero-order valence-electron chi connectivity index (χ0n) is 17.7. The van der Waals surface area contributed by atoms with Crippen LogP contribution in [0.15, 0.2) is 29.2 Å². The number of hydrogen-bond donors (Lipinski definition) is 1. The molecule has 0 unspecified atom stereocenters. The molecule has 2 aromatic rings. The lowest BCUT2D eigenvalue weighted by molar-refractivity contribution is 0.214. The fourth-order valence-electron chi connectivity index (χ4n) is 5.56. The van der Waals surface area contributed by atoms with Gasteiger partial charge in [0, 0.05) is 44.0 Å². The Morgan fingerprint density at radius 2 is 1.94 bits per heavy atom. The van der Waals surface area contributed by atoms with E-state index >= 15 is 0 Å². The Morgan fingerprint density at radius 3 is 2.68 bits per heavy atom. The first-order valence-electron chi connectivity index (χ1n) is 11.5. The van der Waals surface area contributed by atoms with Gasteiger partial charge in [0.2, 0.25) is 0 Å². The third-order valence-corrected chi connectivity index (χ3v) is 7.95. The van der Waals surface area contributed by atoms with Crippen molar-refractivity contribution in [3.05, 3.63) is 56.9 Å². The number of rotatable bonds is 3. The molecular weight excluding hydrogens is 410 g/mol. The van der Waals surface area contributed by atoms with Crippen LogP contribution < -0.4 is 10.5 Å². The molecule has 1 aliphatic heterocycles. The van der Waals surface area contributed by atoms with E-state index < -0.39 is 0 Å². The van der Waals surface area contributed by atoms with E-state index in [1.807, 2.05) is 12.1 Å². The molecule has 1 atom stereocenters. The van der Waals surface area contributed by atoms with Gasteiger partial charge < -0.3 is 9.88 Å². The van der Waals surface area contributed by atoms with Crippen molar-refractivity contribution in [1.29, 1.82) is 0 Å². The van der Waals surface area contributed by atoms with Gasteiger partial charge in [0.15, 0.2) is 0 Å². The fraction of sp³-hybridized carbons (Fsp3) is 0.542. The monoisotopic (exact) mass is 437 g/mol. The highest BCUT2D eigenvalue weighted by atomic mass is 35.5. The molecule has 2 fully saturated rings. The second kappa shape index (κ2) is 7.45. The van der Waals surface area contributed by atoms with E-state index in [2.05, 4.69) is 25.8 Å². The fourth-order valence-corrected chi connectivity index (χ4v) is 5.67. The summed E-state index contributed by atoms with van der Waals surface area (Å²) in [6.45, 7) is 3.94. The van der Waals surface area contributed by atoms with Gasteiger partial charge in [-0.15, -0.1) is 0 Å². The summed E-state index contributed by atoms with van der Waals surface area (Å²) < 4.78 is 0. The zero-order valence-corrected chi connectivity index (χ0v) is 18.5. The highest BCUT2D eigenvalue weighted by molar-refractivity contribution is 6.30. The Balaban J connectivity index is 1.14. The molecule has 162 valence electrons. The van der Waals surface area contributed by atoms with Gasteiger partial charge in [-0.2, -0.15) is 0 Å². The number of H-pyrrole nitrogens is 1. The lowest BCUT2D eigenvalue weighted by atomic mass is 9.84. The van der Waals surface area contributed by atoms with Crippen LogP contribution in [0.3, 0.4) is 0 Å². The lowest BCUT2D eigenvalue weighted by Gasteiger charge is -2.38. The van der Waals surface area contributed by atoms with E-state index in [-0.39, 0.29) is 5.56 Å².